The van der Waals surface area contributed by atoms with Gasteiger partial charge in [0.2, 0.25) is 0 Å². The van der Waals surface area contributed by atoms with E-state index in [1.165, 1.54) is 9.13 Å². The van der Waals surface area contributed by atoms with Crippen LogP contribution in [0.5, 0.6) is 0 Å². The molecule has 0 saturated carbocycles. The van der Waals surface area contributed by atoms with Crippen molar-refractivity contribution in [3.63, 3.8) is 0 Å². The minimum Gasteiger partial charge on any atom is -0.395 e. The van der Waals surface area contributed by atoms with Crippen LogP contribution in [0.1, 0.15) is 19.4 Å². The molecule has 0 bridgehead atoms. The van der Waals surface area contributed by atoms with Gasteiger partial charge in [-0.15, -0.1) is 0 Å². The molecule has 0 aromatic heterocycles. The van der Waals surface area contributed by atoms with Gasteiger partial charge in [0.25, 0.3) is 0 Å². The van der Waals surface area contributed by atoms with E-state index in [0.717, 1.165) is 6.54 Å². The third-order valence-electron chi connectivity index (χ3n) is 2.48. The van der Waals surface area contributed by atoms with E-state index in [9.17, 15) is 0 Å². The van der Waals surface area contributed by atoms with E-state index < -0.39 is 0 Å². The lowest BCUT2D eigenvalue weighted by molar-refractivity contribution is 0.210. The van der Waals surface area contributed by atoms with Crippen molar-refractivity contribution in [3.05, 3.63) is 33.4 Å². The summed E-state index contributed by atoms with van der Waals surface area (Å²) >= 11 is 2.30. The Hall–Kier alpha value is -0.130. The molecule has 15 heavy (non-hydrogen) atoms. The standard InChI is InChI=1S/C12H18INO/c1-9(2)12(8-15)14-7-10-3-5-11(13)6-4-10/h3-6,9,12,14-15H,7-8H2,1-2H3/t12-/m1/s1. The highest BCUT2D eigenvalue weighted by Gasteiger charge is 2.10. The minimum absolute atomic E-state index is 0.185. The van der Waals surface area contributed by atoms with Crippen molar-refractivity contribution < 1.29 is 5.11 Å². The summed E-state index contributed by atoms with van der Waals surface area (Å²) in [7, 11) is 0. The van der Waals surface area contributed by atoms with E-state index in [1.54, 1.807) is 0 Å². The van der Waals surface area contributed by atoms with Crippen LogP contribution >= 0.6 is 22.6 Å². The molecule has 0 saturated heterocycles. The van der Waals surface area contributed by atoms with Gasteiger partial charge in [0.1, 0.15) is 0 Å². The van der Waals surface area contributed by atoms with Crippen LogP contribution in [0.2, 0.25) is 0 Å². The zero-order valence-electron chi connectivity index (χ0n) is 9.20. The fourth-order valence-corrected chi connectivity index (χ4v) is 1.72. The van der Waals surface area contributed by atoms with E-state index in [1.807, 2.05) is 0 Å². The van der Waals surface area contributed by atoms with Gasteiger partial charge in [0, 0.05) is 16.2 Å². The number of hydrogen-bond acceptors (Lipinski definition) is 2. The lowest BCUT2D eigenvalue weighted by atomic mass is 10.1. The quantitative estimate of drug-likeness (QED) is 0.817. The first-order chi connectivity index (χ1) is 7.13. The molecule has 0 spiro atoms. The zero-order valence-corrected chi connectivity index (χ0v) is 11.4. The Morgan fingerprint density at radius 3 is 2.33 bits per heavy atom. The van der Waals surface area contributed by atoms with Crippen molar-refractivity contribution >= 4 is 22.6 Å². The van der Waals surface area contributed by atoms with Gasteiger partial charge in [0.15, 0.2) is 0 Å². The van der Waals surface area contributed by atoms with E-state index in [0.29, 0.717) is 5.92 Å². The summed E-state index contributed by atoms with van der Waals surface area (Å²) in [5.41, 5.74) is 1.26. The first-order valence-electron chi connectivity index (χ1n) is 5.22. The number of hydrogen-bond donors (Lipinski definition) is 2. The van der Waals surface area contributed by atoms with Crippen LogP contribution in [0.4, 0.5) is 0 Å². The molecule has 0 unspecified atom stereocenters. The van der Waals surface area contributed by atoms with Crippen LogP contribution in [0.25, 0.3) is 0 Å². The predicted molar refractivity (Wildman–Crippen MR) is 71.7 cm³/mol. The molecule has 2 N–H and O–H groups in total. The second-order valence-electron chi connectivity index (χ2n) is 4.04. The van der Waals surface area contributed by atoms with Gasteiger partial charge in [-0.25, -0.2) is 0 Å². The maximum absolute atomic E-state index is 9.15. The second kappa shape index (κ2) is 6.45. The van der Waals surface area contributed by atoms with Crippen LogP contribution < -0.4 is 5.32 Å². The molecular formula is C12H18INO. The average molecular weight is 319 g/mol. The molecule has 3 heteroatoms. The van der Waals surface area contributed by atoms with Crippen molar-refractivity contribution in [2.75, 3.05) is 6.61 Å². The predicted octanol–water partition coefficient (Wildman–Crippen LogP) is 2.40. The molecule has 0 aliphatic rings. The minimum atomic E-state index is 0.185. The molecule has 2 nitrogen and oxygen atoms in total. The molecule has 0 radical (unpaired) electrons. The van der Waals surface area contributed by atoms with Crippen molar-refractivity contribution in [3.8, 4) is 0 Å². The number of benzene rings is 1. The lowest BCUT2D eigenvalue weighted by Crippen LogP contribution is -2.36. The van der Waals surface area contributed by atoms with Crippen molar-refractivity contribution in [1.82, 2.24) is 5.32 Å². The summed E-state index contributed by atoms with van der Waals surface area (Å²) in [5, 5.41) is 12.5. The van der Waals surface area contributed by atoms with Gasteiger partial charge in [-0.3, -0.25) is 0 Å². The summed E-state index contributed by atoms with van der Waals surface area (Å²) in [6, 6.07) is 8.61. The molecule has 0 fully saturated rings. The van der Waals surface area contributed by atoms with Crippen molar-refractivity contribution in [2.45, 2.75) is 26.4 Å². The lowest BCUT2D eigenvalue weighted by Gasteiger charge is -2.19. The maximum Gasteiger partial charge on any atom is 0.0587 e. The second-order valence-corrected chi connectivity index (χ2v) is 5.29. The monoisotopic (exact) mass is 319 g/mol. The van der Waals surface area contributed by atoms with E-state index >= 15 is 0 Å². The van der Waals surface area contributed by atoms with Gasteiger partial charge >= 0.3 is 0 Å². The van der Waals surface area contributed by atoms with Crippen LogP contribution in [-0.4, -0.2) is 17.8 Å². The van der Waals surface area contributed by atoms with Crippen LogP contribution in [0.15, 0.2) is 24.3 Å². The molecule has 1 atom stereocenters. The third kappa shape index (κ3) is 4.49. The smallest absolute Gasteiger partial charge is 0.0587 e. The van der Waals surface area contributed by atoms with Gasteiger partial charge in [0.05, 0.1) is 6.61 Å². The molecule has 84 valence electrons. The average Bonchev–Trinajstić information content (AvgIpc) is 2.21. The van der Waals surface area contributed by atoms with Crippen LogP contribution in [-0.2, 0) is 6.54 Å². The highest BCUT2D eigenvalue weighted by Crippen LogP contribution is 2.08. The molecule has 0 aliphatic heterocycles. The normalized spacial score (nSPS) is 13.1. The maximum atomic E-state index is 9.15. The van der Waals surface area contributed by atoms with E-state index in [4.69, 9.17) is 5.11 Å². The Bertz CT molecular complexity index is 284. The first-order valence-corrected chi connectivity index (χ1v) is 6.30. The third-order valence-corrected chi connectivity index (χ3v) is 3.20. The van der Waals surface area contributed by atoms with Gasteiger partial charge in [-0.05, 0) is 46.2 Å². The molecule has 0 heterocycles. The van der Waals surface area contributed by atoms with Crippen LogP contribution in [0, 0.1) is 9.49 Å². The Kier molecular flexibility index (Phi) is 5.56. The molecule has 0 amide bonds. The summed E-state index contributed by atoms with van der Waals surface area (Å²) in [6.07, 6.45) is 0. The Balaban J connectivity index is 2.45. The highest BCUT2D eigenvalue weighted by molar-refractivity contribution is 14.1. The molecular weight excluding hydrogens is 301 g/mol. The highest BCUT2D eigenvalue weighted by atomic mass is 127. The number of aliphatic hydroxyl groups is 1. The Morgan fingerprint density at radius 1 is 1.27 bits per heavy atom. The number of rotatable bonds is 5. The first kappa shape index (κ1) is 12.9. The number of nitrogens with one attached hydrogen (secondary N) is 1. The largest absolute Gasteiger partial charge is 0.395 e. The molecule has 1 aromatic carbocycles. The molecule has 0 aliphatic carbocycles. The van der Waals surface area contributed by atoms with Crippen LogP contribution in [0.3, 0.4) is 0 Å². The Morgan fingerprint density at radius 2 is 1.87 bits per heavy atom. The summed E-state index contributed by atoms with van der Waals surface area (Å²) in [5.74, 6) is 0.457. The number of halogens is 1. The topological polar surface area (TPSA) is 32.3 Å². The Labute approximate surface area is 105 Å². The fraction of sp³-hybridized carbons (Fsp3) is 0.500. The summed E-state index contributed by atoms with van der Waals surface area (Å²) in [6.45, 7) is 5.24. The zero-order chi connectivity index (χ0) is 11.3. The number of aliphatic hydroxyl groups excluding tert-OH is 1. The van der Waals surface area contributed by atoms with Crippen molar-refractivity contribution in [2.24, 2.45) is 5.92 Å². The SMILES string of the molecule is CC(C)[C@@H](CO)NCc1ccc(I)cc1. The summed E-state index contributed by atoms with van der Waals surface area (Å²) < 4.78 is 1.25. The van der Waals surface area contributed by atoms with E-state index in [-0.39, 0.29) is 12.6 Å². The van der Waals surface area contributed by atoms with E-state index in [2.05, 4.69) is 66.0 Å². The van der Waals surface area contributed by atoms with Gasteiger partial charge in [-0.1, -0.05) is 26.0 Å². The fourth-order valence-electron chi connectivity index (χ4n) is 1.36. The van der Waals surface area contributed by atoms with Gasteiger partial charge < -0.3 is 10.4 Å². The van der Waals surface area contributed by atoms with Gasteiger partial charge in [-0.2, -0.15) is 0 Å². The van der Waals surface area contributed by atoms with Crippen molar-refractivity contribution in [1.29, 1.82) is 0 Å². The summed E-state index contributed by atoms with van der Waals surface area (Å²) in [4.78, 5) is 0. The molecule has 1 rings (SSSR count). The molecule has 1 aromatic rings.